The molecule has 1 aromatic rings. The summed E-state index contributed by atoms with van der Waals surface area (Å²) in [4.78, 5) is 12.7. The van der Waals surface area contributed by atoms with Crippen molar-refractivity contribution < 1.29 is 9.90 Å². The fourth-order valence-electron chi connectivity index (χ4n) is 3.52. The summed E-state index contributed by atoms with van der Waals surface area (Å²) >= 11 is 0. The molecule has 0 bridgehead atoms. The van der Waals surface area contributed by atoms with Crippen molar-refractivity contribution in [1.29, 1.82) is 0 Å². The first-order valence-corrected chi connectivity index (χ1v) is 7.57. The van der Waals surface area contributed by atoms with E-state index in [0.717, 1.165) is 43.4 Å². The Bertz CT molecular complexity index is 503. The average Bonchev–Trinajstić information content (AvgIpc) is 3.03. The zero-order valence-electron chi connectivity index (χ0n) is 12.0. The van der Waals surface area contributed by atoms with Crippen LogP contribution in [0.3, 0.4) is 0 Å². The fraction of sp³-hybridized carbons (Fsp3) is 0.562. The largest absolute Gasteiger partial charge is 0.395 e. The zero-order valence-corrected chi connectivity index (χ0v) is 12.0. The van der Waals surface area contributed by atoms with Crippen LogP contribution in [0.2, 0.25) is 0 Å². The molecular formula is C16H22N2O2. The van der Waals surface area contributed by atoms with E-state index in [9.17, 15) is 9.90 Å². The van der Waals surface area contributed by atoms with E-state index in [1.807, 2.05) is 23.2 Å². The molecule has 1 aromatic carbocycles. The van der Waals surface area contributed by atoms with Crippen LogP contribution in [0.15, 0.2) is 24.3 Å². The van der Waals surface area contributed by atoms with Gasteiger partial charge >= 0.3 is 0 Å². The highest BCUT2D eigenvalue weighted by atomic mass is 16.3. The van der Waals surface area contributed by atoms with Crippen molar-refractivity contribution in [3.63, 3.8) is 0 Å². The number of benzene rings is 1. The number of carbonyl (C=O) groups excluding carboxylic acids is 1. The van der Waals surface area contributed by atoms with Crippen molar-refractivity contribution in [3.8, 4) is 0 Å². The molecule has 0 unspecified atom stereocenters. The second-order valence-electron chi connectivity index (χ2n) is 5.68. The molecule has 4 heteroatoms. The predicted molar refractivity (Wildman–Crippen MR) is 77.1 cm³/mol. The first-order valence-electron chi connectivity index (χ1n) is 7.57. The molecule has 2 heterocycles. The van der Waals surface area contributed by atoms with E-state index in [4.69, 9.17) is 0 Å². The molecule has 1 saturated heterocycles. The van der Waals surface area contributed by atoms with Crippen LogP contribution < -0.4 is 0 Å². The third-order valence-corrected chi connectivity index (χ3v) is 4.45. The molecule has 0 radical (unpaired) electrons. The lowest BCUT2D eigenvalue weighted by atomic mass is 10.0. The Hall–Kier alpha value is -1.39. The molecule has 20 heavy (non-hydrogen) atoms. The number of hydrazine groups is 1. The summed E-state index contributed by atoms with van der Waals surface area (Å²) in [7, 11) is 0. The van der Waals surface area contributed by atoms with E-state index < -0.39 is 0 Å². The Morgan fingerprint density at radius 1 is 1.35 bits per heavy atom. The third kappa shape index (κ3) is 2.03. The van der Waals surface area contributed by atoms with Crippen molar-refractivity contribution in [2.75, 3.05) is 13.2 Å². The molecule has 0 aliphatic carbocycles. The normalized spacial score (nSPS) is 26.3. The summed E-state index contributed by atoms with van der Waals surface area (Å²) < 4.78 is 0. The quantitative estimate of drug-likeness (QED) is 0.916. The van der Waals surface area contributed by atoms with Gasteiger partial charge in [0.2, 0.25) is 0 Å². The zero-order chi connectivity index (χ0) is 14.1. The van der Waals surface area contributed by atoms with Crippen LogP contribution in [0.4, 0.5) is 0 Å². The van der Waals surface area contributed by atoms with Crippen molar-refractivity contribution in [2.45, 2.75) is 44.7 Å². The van der Waals surface area contributed by atoms with Crippen molar-refractivity contribution in [1.82, 2.24) is 10.0 Å². The monoisotopic (exact) mass is 274 g/mol. The highest BCUT2D eigenvalue weighted by Crippen LogP contribution is 2.39. The van der Waals surface area contributed by atoms with Gasteiger partial charge in [0.25, 0.3) is 5.91 Å². The average molecular weight is 274 g/mol. The lowest BCUT2D eigenvalue weighted by molar-refractivity contribution is -0.0519. The Morgan fingerprint density at radius 2 is 2.15 bits per heavy atom. The van der Waals surface area contributed by atoms with Gasteiger partial charge in [0.05, 0.1) is 18.7 Å². The first-order chi connectivity index (χ1) is 9.77. The number of fused-ring (bicyclic) bond motifs is 1. The number of carbonyl (C=O) groups is 1. The van der Waals surface area contributed by atoms with Gasteiger partial charge in [0.1, 0.15) is 0 Å². The van der Waals surface area contributed by atoms with Crippen LogP contribution in [0, 0.1) is 0 Å². The van der Waals surface area contributed by atoms with Crippen LogP contribution in [0.1, 0.15) is 54.6 Å². The molecular weight excluding hydrogens is 252 g/mol. The molecule has 0 spiro atoms. The van der Waals surface area contributed by atoms with Crippen LogP contribution in [-0.2, 0) is 0 Å². The molecule has 0 saturated carbocycles. The molecule has 3 rings (SSSR count). The maximum atomic E-state index is 12.7. The van der Waals surface area contributed by atoms with Crippen molar-refractivity contribution >= 4 is 5.91 Å². The molecule has 2 aliphatic heterocycles. The van der Waals surface area contributed by atoms with Gasteiger partial charge in [-0.2, -0.15) is 0 Å². The number of hydrogen-bond acceptors (Lipinski definition) is 3. The lowest BCUT2D eigenvalue weighted by Crippen LogP contribution is -2.48. The van der Waals surface area contributed by atoms with Crippen LogP contribution in [0.5, 0.6) is 0 Å². The number of aliphatic hydroxyl groups is 1. The summed E-state index contributed by atoms with van der Waals surface area (Å²) in [6.45, 7) is 3.14. The van der Waals surface area contributed by atoms with Crippen LogP contribution in [-0.4, -0.2) is 40.2 Å². The lowest BCUT2D eigenvalue weighted by Gasteiger charge is -2.37. The minimum atomic E-state index is 0.0904. The molecule has 2 aliphatic rings. The molecule has 108 valence electrons. The Morgan fingerprint density at radius 3 is 2.90 bits per heavy atom. The molecule has 1 N–H and O–H groups in total. The summed E-state index contributed by atoms with van der Waals surface area (Å²) in [6.07, 6.45) is 4.03. The van der Waals surface area contributed by atoms with E-state index in [2.05, 4.69) is 18.0 Å². The number of amides is 1. The van der Waals surface area contributed by atoms with Crippen molar-refractivity contribution in [2.24, 2.45) is 0 Å². The van der Waals surface area contributed by atoms with Gasteiger partial charge in [0, 0.05) is 12.1 Å². The predicted octanol–water partition coefficient (Wildman–Crippen LogP) is 2.36. The van der Waals surface area contributed by atoms with Gasteiger partial charge < -0.3 is 5.11 Å². The molecule has 4 nitrogen and oxygen atoms in total. The number of nitrogens with zero attached hydrogens (tertiary/aromatic N) is 2. The highest BCUT2D eigenvalue weighted by Gasteiger charge is 2.42. The summed E-state index contributed by atoms with van der Waals surface area (Å²) in [5.74, 6) is 0.0967. The van der Waals surface area contributed by atoms with Crippen molar-refractivity contribution in [3.05, 3.63) is 35.4 Å². The smallest absolute Gasteiger partial charge is 0.269 e. The standard InChI is InChI=1S/C16H22N2O2/c1-2-6-15-13-8-3-4-9-14(13)16(20)18(15)17-10-5-7-12(17)11-19/h3-4,8-9,12,15,19H,2,5-7,10-11H2,1H3/t12-,15+/m0/s1. The molecule has 2 atom stereocenters. The second kappa shape index (κ2) is 5.54. The van der Waals surface area contributed by atoms with E-state index in [0.29, 0.717) is 0 Å². The van der Waals surface area contributed by atoms with E-state index in [1.54, 1.807) is 0 Å². The van der Waals surface area contributed by atoms with Gasteiger partial charge in [-0.05, 0) is 30.9 Å². The number of rotatable bonds is 4. The second-order valence-corrected chi connectivity index (χ2v) is 5.68. The van der Waals surface area contributed by atoms with Gasteiger partial charge in [-0.1, -0.05) is 31.5 Å². The van der Waals surface area contributed by atoms with E-state index in [1.165, 1.54) is 0 Å². The van der Waals surface area contributed by atoms with Crippen LogP contribution in [0.25, 0.3) is 0 Å². The van der Waals surface area contributed by atoms with Gasteiger partial charge in [0.15, 0.2) is 0 Å². The number of aliphatic hydroxyl groups excluding tert-OH is 1. The SMILES string of the molecule is CCC[C@@H]1c2ccccc2C(=O)N1N1CCC[C@H]1CO. The molecule has 1 amide bonds. The summed E-state index contributed by atoms with van der Waals surface area (Å²) in [6, 6.07) is 8.15. The van der Waals surface area contributed by atoms with Crippen LogP contribution >= 0.6 is 0 Å². The minimum Gasteiger partial charge on any atom is -0.395 e. The van der Waals surface area contributed by atoms with E-state index >= 15 is 0 Å². The fourth-order valence-corrected chi connectivity index (χ4v) is 3.52. The Balaban J connectivity index is 1.96. The molecule has 0 aromatic heterocycles. The van der Waals surface area contributed by atoms with Gasteiger partial charge in [-0.3, -0.25) is 9.80 Å². The highest BCUT2D eigenvalue weighted by molar-refractivity contribution is 5.98. The number of hydrogen-bond donors (Lipinski definition) is 1. The summed E-state index contributed by atoms with van der Waals surface area (Å²) in [5.41, 5.74) is 1.97. The maximum Gasteiger partial charge on any atom is 0.269 e. The Kier molecular flexibility index (Phi) is 3.76. The van der Waals surface area contributed by atoms with E-state index in [-0.39, 0.29) is 24.6 Å². The van der Waals surface area contributed by atoms with Gasteiger partial charge in [-0.15, -0.1) is 0 Å². The maximum absolute atomic E-state index is 12.7. The summed E-state index contributed by atoms with van der Waals surface area (Å²) in [5, 5.41) is 13.6. The van der Waals surface area contributed by atoms with Gasteiger partial charge in [-0.25, -0.2) is 5.01 Å². The third-order valence-electron chi connectivity index (χ3n) is 4.45. The minimum absolute atomic E-state index is 0.0904. The first kappa shape index (κ1) is 13.6. The topological polar surface area (TPSA) is 43.8 Å². The molecule has 1 fully saturated rings. The Labute approximate surface area is 120 Å².